The number of carbonyl (C=O) groups excluding carboxylic acids is 1. The molecule has 1 saturated carbocycles. The van der Waals surface area contributed by atoms with Gasteiger partial charge < -0.3 is 10.0 Å². The van der Waals surface area contributed by atoms with Gasteiger partial charge in [0.25, 0.3) is 10.0 Å². The Balaban J connectivity index is 1.77. The molecule has 2 aromatic heterocycles. The highest BCUT2D eigenvalue weighted by Crippen LogP contribution is 2.39. The summed E-state index contributed by atoms with van der Waals surface area (Å²) < 4.78 is 29.4. The van der Waals surface area contributed by atoms with Gasteiger partial charge in [-0.3, -0.25) is 9.48 Å². The minimum atomic E-state index is -3.96. The predicted molar refractivity (Wildman–Crippen MR) is 137 cm³/mol. The number of aryl methyl sites for hydroxylation is 1. The molecule has 1 N–H and O–H groups in total. The van der Waals surface area contributed by atoms with Crippen LogP contribution in [0.2, 0.25) is 0 Å². The number of nitrogens with zero attached hydrogens (tertiary/aromatic N) is 4. The predicted octanol–water partition coefficient (Wildman–Crippen LogP) is 3.56. The molecule has 1 aliphatic carbocycles. The van der Waals surface area contributed by atoms with Gasteiger partial charge in [-0.2, -0.15) is 9.40 Å². The zero-order valence-electron chi connectivity index (χ0n) is 21.0. The first kappa shape index (κ1) is 26.4. The van der Waals surface area contributed by atoms with E-state index in [0.717, 1.165) is 43.4 Å². The normalized spacial score (nSPS) is 20.3. The van der Waals surface area contributed by atoms with Crippen LogP contribution in [-0.2, 0) is 21.9 Å². The number of carboxylic acid groups (broad SMARTS) is 1. The molecule has 2 fully saturated rings. The van der Waals surface area contributed by atoms with Gasteiger partial charge in [-0.15, -0.1) is 11.3 Å². The number of piperazine rings is 1. The largest absolute Gasteiger partial charge is 0.477 e. The number of amides is 1. The highest BCUT2D eigenvalue weighted by atomic mass is 32.2. The van der Waals surface area contributed by atoms with Gasteiger partial charge in [-0.25, -0.2) is 13.2 Å². The van der Waals surface area contributed by atoms with Crippen molar-refractivity contribution in [3.05, 3.63) is 28.1 Å². The first-order valence-corrected chi connectivity index (χ1v) is 14.3. The Hall–Kier alpha value is -2.68. The molecule has 2 aliphatic rings. The lowest BCUT2D eigenvalue weighted by Gasteiger charge is -2.44. The van der Waals surface area contributed by atoms with Gasteiger partial charge >= 0.3 is 5.97 Å². The lowest BCUT2D eigenvalue weighted by molar-refractivity contribution is -0.121. The fourth-order valence-electron chi connectivity index (χ4n) is 4.91. The average molecular weight is 533 g/mol. The van der Waals surface area contributed by atoms with Gasteiger partial charge in [0.05, 0.1) is 29.3 Å². The third-order valence-electron chi connectivity index (χ3n) is 6.60. The number of hydrogen-bond acceptors (Lipinski definition) is 6. The SMILES string of the molecule is Cn1nccc1S(=O)(=O)N1CC(=O)N(c2cc(C#CC(C)(C)C)sc2C(=O)O)[C@H](C2CCCCC2)C1. The van der Waals surface area contributed by atoms with Crippen LogP contribution in [-0.4, -0.2) is 58.6 Å². The molecule has 2 aromatic rings. The Morgan fingerprint density at radius 1 is 1.22 bits per heavy atom. The Morgan fingerprint density at radius 2 is 1.92 bits per heavy atom. The number of carboxylic acids is 1. The first-order chi connectivity index (χ1) is 16.9. The third kappa shape index (κ3) is 5.36. The molecule has 4 rings (SSSR count). The van der Waals surface area contributed by atoms with E-state index in [1.54, 1.807) is 18.0 Å². The van der Waals surface area contributed by atoms with Crippen LogP contribution >= 0.6 is 11.3 Å². The van der Waals surface area contributed by atoms with Crippen LogP contribution < -0.4 is 4.90 Å². The molecule has 194 valence electrons. The number of sulfonamides is 1. The van der Waals surface area contributed by atoms with Crippen LogP contribution in [0.1, 0.15) is 67.4 Å². The van der Waals surface area contributed by atoms with E-state index in [1.807, 2.05) is 20.8 Å². The second-order valence-electron chi connectivity index (χ2n) is 10.4. The molecular weight excluding hydrogens is 500 g/mol. The molecule has 0 spiro atoms. The maximum atomic E-state index is 13.6. The van der Waals surface area contributed by atoms with E-state index in [0.29, 0.717) is 10.6 Å². The second kappa shape index (κ2) is 10.00. The van der Waals surface area contributed by atoms with Gasteiger partial charge in [0.15, 0.2) is 5.03 Å². The van der Waals surface area contributed by atoms with Crippen molar-refractivity contribution >= 4 is 38.9 Å². The van der Waals surface area contributed by atoms with Crippen molar-refractivity contribution in [1.29, 1.82) is 0 Å². The van der Waals surface area contributed by atoms with Gasteiger partial charge in [-0.05, 0) is 51.7 Å². The number of hydrogen-bond donors (Lipinski definition) is 1. The molecule has 3 heterocycles. The van der Waals surface area contributed by atoms with Gasteiger partial charge in [0.1, 0.15) is 4.88 Å². The van der Waals surface area contributed by atoms with Crippen molar-refractivity contribution in [2.24, 2.45) is 18.4 Å². The molecule has 0 unspecified atom stereocenters. The third-order valence-corrected chi connectivity index (χ3v) is 9.52. The smallest absolute Gasteiger partial charge is 0.348 e. The van der Waals surface area contributed by atoms with E-state index >= 15 is 0 Å². The van der Waals surface area contributed by atoms with Crippen molar-refractivity contribution in [1.82, 2.24) is 14.1 Å². The van der Waals surface area contributed by atoms with Crippen LogP contribution in [0.3, 0.4) is 0 Å². The fraction of sp³-hybridized carbons (Fsp3) is 0.560. The molecule has 1 amide bonds. The summed E-state index contributed by atoms with van der Waals surface area (Å²) in [5.41, 5.74) is 0.0450. The Morgan fingerprint density at radius 3 is 2.50 bits per heavy atom. The summed E-state index contributed by atoms with van der Waals surface area (Å²) in [7, 11) is -2.41. The molecule has 1 atom stereocenters. The standard InChI is InChI=1S/C25H32N4O5S2/c1-25(2,3)12-10-18-14-19(23(35-18)24(31)32)29-20(17-8-6-5-7-9-17)15-28(16-21(29)30)36(33,34)22-11-13-26-27(22)4/h11,13-14,17,20H,5-9,15-16H2,1-4H3,(H,31,32)/t20-/m0/s1. The van der Waals surface area contributed by atoms with Gasteiger partial charge in [-0.1, -0.05) is 31.1 Å². The summed E-state index contributed by atoms with van der Waals surface area (Å²) in [5, 5.41) is 14.0. The zero-order chi connectivity index (χ0) is 26.3. The monoisotopic (exact) mass is 532 g/mol. The molecule has 1 saturated heterocycles. The van der Waals surface area contributed by atoms with Crippen LogP contribution in [0.15, 0.2) is 23.4 Å². The molecule has 36 heavy (non-hydrogen) atoms. The summed E-state index contributed by atoms with van der Waals surface area (Å²) in [4.78, 5) is 28.0. The van der Waals surface area contributed by atoms with E-state index in [-0.39, 0.29) is 34.3 Å². The number of thiophene rings is 1. The lowest BCUT2D eigenvalue weighted by atomic mass is 9.82. The van der Waals surface area contributed by atoms with Crippen molar-refractivity contribution in [2.45, 2.75) is 63.9 Å². The molecule has 9 nitrogen and oxygen atoms in total. The summed E-state index contributed by atoms with van der Waals surface area (Å²) in [6.45, 7) is 5.64. The van der Waals surface area contributed by atoms with Crippen LogP contribution in [0.5, 0.6) is 0 Å². The molecule has 0 bridgehead atoms. The minimum absolute atomic E-state index is 0.0210. The first-order valence-electron chi connectivity index (χ1n) is 12.1. The number of aromatic carboxylic acids is 1. The van der Waals surface area contributed by atoms with Crippen LogP contribution in [0.25, 0.3) is 0 Å². The zero-order valence-corrected chi connectivity index (χ0v) is 22.7. The lowest BCUT2D eigenvalue weighted by Crippen LogP contribution is -2.60. The summed E-state index contributed by atoms with van der Waals surface area (Å²) in [5.74, 6) is 4.69. The highest BCUT2D eigenvalue weighted by molar-refractivity contribution is 7.89. The quantitative estimate of drug-likeness (QED) is 0.589. The van der Waals surface area contributed by atoms with Crippen molar-refractivity contribution < 1.29 is 23.1 Å². The van der Waals surface area contributed by atoms with Crippen LogP contribution in [0, 0.1) is 23.2 Å². The van der Waals surface area contributed by atoms with Crippen molar-refractivity contribution in [3.8, 4) is 11.8 Å². The van der Waals surface area contributed by atoms with Gasteiger partial charge in [0, 0.05) is 19.0 Å². The van der Waals surface area contributed by atoms with Crippen molar-refractivity contribution in [3.63, 3.8) is 0 Å². The highest BCUT2D eigenvalue weighted by Gasteiger charge is 2.44. The maximum absolute atomic E-state index is 13.6. The van der Waals surface area contributed by atoms with E-state index in [9.17, 15) is 23.1 Å². The maximum Gasteiger partial charge on any atom is 0.348 e. The number of anilines is 1. The van der Waals surface area contributed by atoms with Gasteiger partial charge in [0.2, 0.25) is 5.91 Å². The number of carbonyl (C=O) groups is 2. The van der Waals surface area contributed by atoms with E-state index < -0.39 is 27.9 Å². The van der Waals surface area contributed by atoms with E-state index in [1.165, 1.54) is 21.3 Å². The van der Waals surface area contributed by atoms with E-state index in [2.05, 4.69) is 16.9 Å². The van der Waals surface area contributed by atoms with E-state index in [4.69, 9.17) is 0 Å². The molecule has 1 aliphatic heterocycles. The Labute approximate surface area is 216 Å². The fourth-order valence-corrected chi connectivity index (χ4v) is 7.26. The number of aromatic nitrogens is 2. The summed E-state index contributed by atoms with van der Waals surface area (Å²) in [6, 6.07) is 2.63. The topological polar surface area (TPSA) is 113 Å². The number of rotatable bonds is 5. The summed E-state index contributed by atoms with van der Waals surface area (Å²) in [6.07, 6.45) is 6.22. The summed E-state index contributed by atoms with van der Waals surface area (Å²) >= 11 is 1.05. The Bertz CT molecular complexity index is 1320. The second-order valence-corrected chi connectivity index (χ2v) is 13.4. The molecule has 0 radical (unpaired) electrons. The molecular formula is C25H32N4O5S2. The van der Waals surface area contributed by atoms with Crippen molar-refractivity contribution in [2.75, 3.05) is 18.0 Å². The minimum Gasteiger partial charge on any atom is -0.477 e. The molecule has 11 heteroatoms. The molecule has 0 aromatic carbocycles. The Kier molecular flexibility index (Phi) is 7.33. The average Bonchev–Trinajstić information content (AvgIpc) is 3.44. The van der Waals surface area contributed by atoms with Crippen LogP contribution in [0.4, 0.5) is 5.69 Å².